The van der Waals surface area contributed by atoms with Crippen LogP contribution >= 0.6 is 27.3 Å². The van der Waals surface area contributed by atoms with Crippen molar-refractivity contribution in [2.45, 2.75) is 51.4 Å². The lowest BCUT2D eigenvalue weighted by Gasteiger charge is -2.19. The Kier molecular flexibility index (Phi) is 4.53. The fourth-order valence-corrected chi connectivity index (χ4v) is 3.15. The zero-order valence-corrected chi connectivity index (χ0v) is 13.7. The average molecular weight is 347 g/mol. The van der Waals surface area contributed by atoms with Crippen molar-refractivity contribution in [3.05, 3.63) is 20.8 Å². The zero-order chi connectivity index (χ0) is 14.0. The number of amides is 1. The van der Waals surface area contributed by atoms with Crippen LogP contribution in [0.2, 0.25) is 0 Å². The van der Waals surface area contributed by atoms with Crippen molar-refractivity contribution in [2.75, 3.05) is 0 Å². The summed E-state index contributed by atoms with van der Waals surface area (Å²) >= 11 is 5.17. The first-order chi connectivity index (χ1) is 8.83. The third kappa shape index (κ3) is 5.12. The number of ether oxygens (including phenoxy) is 1. The molecule has 0 aromatic carbocycles. The summed E-state index contributed by atoms with van der Waals surface area (Å²) in [5.41, 5.74) is -0.439. The highest BCUT2D eigenvalue weighted by molar-refractivity contribution is 9.11. The van der Waals surface area contributed by atoms with Gasteiger partial charge in [0.05, 0.1) is 3.79 Å². The Morgan fingerprint density at radius 1 is 1.47 bits per heavy atom. The SMILES string of the molecule is CC(C)(C)OC(=O)NC1CC1NCc1ccc(Br)s1. The Bertz CT molecular complexity index is 456. The van der Waals surface area contributed by atoms with Crippen molar-refractivity contribution in [2.24, 2.45) is 0 Å². The van der Waals surface area contributed by atoms with Gasteiger partial charge in [-0.15, -0.1) is 11.3 Å². The van der Waals surface area contributed by atoms with Gasteiger partial charge in [0.15, 0.2) is 0 Å². The molecule has 0 saturated heterocycles. The molecule has 2 N–H and O–H groups in total. The molecule has 2 atom stereocenters. The highest BCUT2D eigenvalue weighted by Gasteiger charge is 2.38. The van der Waals surface area contributed by atoms with Crippen LogP contribution < -0.4 is 10.6 Å². The van der Waals surface area contributed by atoms with Crippen molar-refractivity contribution in [1.29, 1.82) is 0 Å². The molecule has 6 heteroatoms. The number of nitrogens with one attached hydrogen (secondary N) is 2. The van der Waals surface area contributed by atoms with Crippen LogP contribution in [0.25, 0.3) is 0 Å². The number of rotatable bonds is 4. The van der Waals surface area contributed by atoms with Gasteiger partial charge in [0.1, 0.15) is 5.60 Å². The third-order valence-electron chi connectivity index (χ3n) is 2.66. The monoisotopic (exact) mass is 346 g/mol. The zero-order valence-electron chi connectivity index (χ0n) is 11.3. The van der Waals surface area contributed by atoms with Crippen molar-refractivity contribution in [1.82, 2.24) is 10.6 Å². The van der Waals surface area contributed by atoms with Gasteiger partial charge in [0.2, 0.25) is 0 Å². The van der Waals surface area contributed by atoms with E-state index >= 15 is 0 Å². The van der Waals surface area contributed by atoms with E-state index in [9.17, 15) is 4.79 Å². The molecule has 1 heterocycles. The fourth-order valence-electron chi connectivity index (χ4n) is 1.72. The summed E-state index contributed by atoms with van der Waals surface area (Å²) in [5, 5.41) is 6.30. The highest BCUT2D eigenvalue weighted by atomic mass is 79.9. The molecule has 1 aromatic rings. The number of carbonyl (C=O) groups excluding carboxylic acids is 1. The van der Waals surface area contributed by atoms with Crippen LogP contribution in [0, 0.1) is 0 Å². The standard InChI is InChI=1S/C13H19BrN2O2S/c1-13(2,3)18-12(17)16-10-6-9(10)15-7-8-4-5-11(14)19-8/h4-5,9-10,15H,6-7H2,1-3H3,(H,16,17). The predicted molar refractivity (Wildman–Crippen MR) is 80.4 cm³/mol. The molecule has 2 rings (SSSR count). The quantitative estimate of drug-likeness (QED) is 0.879. The molecule has 19 heavy (non-hydrogen) atoms. The molecule has 2 unspecified atom stereocenters. The Morgan fingerprint density at radius 3 is 2.79 bits per heavy atom. The van der Waals surface area contributed by atoms with Crippen LogP contribution in [0.5, 0.6) is 0 Å². The highest BCUT2D eigenvalue weighted by Crippen LogP contribution is 2.25. The minimum atomic E-state index is -0.439. The summed E-state index contributed by atoms with van der Waals surface area (Å²) in [7, 11) is 0. The van der Waals surface area contributed by atoms with Crippen LogP contribution in [0.3, 0.4) is 0 Å². The van der Waals surface area contributed by atoms with Crippen LogP contribution in [-0.4, -0.2) is 23.8 Å². The second kappa shape index (κ2) is 5.81. The van der Waals surface area contributed by atoms with Crippen LogP contribution in [0.1, 0.15) is 32.1 Å². The summed E-state index contributed by atoms with van der Waals surface area (Å²) in [4.78, 5) is 12.9. The smallest absolute Gasteiger partial charge is 0.407 e. The van der Waals surface area contributed by atoms with Gasteiger partial charge >= 0.3 is 6.09 Å². The average Bonchev–Trinajstić information content (AvgIpc) is 2.84. The van der Waals surface area contributed by atoms with Gasteiger partial charge in [-0.2, -0.15) is 0 Å². The van der Waals surface area contributed by atoms with Crippen molar-refractivity contribution < 1.29 is 9.53 Å². The van der Waals surface area contributed by atoms with Gasteiger partial charge in [-0.25, -0.2) is 4.79 Å². The molecule has 0 radical (unpaired) electrons. The maximum absolute atomic E-state index is 11.6. The summed E-state index contributed by atoms with van der Waals surface area (Å²) in [6.45, 7) is 6.44. The molecule has 0 spiro atoms. The van der Waals surface area contributed by atoms with Crippen LogP contribution in [0.15, 0.2) is 15.9 Å². The molecule has 1 amide bonds. The Morgan fingerprint density at radius 2 is 2.21 bits per heavy atom. The Balaban J connectivity index is 1.66. The first kappa shape index (κ1) is 14.8. The van der Waals surface area contributed by atoms with Crippen LogP contribution in [0.4, 0.5) is 4.79 Å². The van der Waals surface area contributed by atoms with E-state index in [1.165, 1.54) is 4.88 Å². The second-order valence-electron chi connectivity index (χ2n) is 5.68. The van der Waals surface area contributed by atoms with Crippen molar-refractivity contribution in [3.8, 4) is 0 Å². The normalized spacial score (nSPS) is 22.1. The number of hydrogen-bond donors (Lipinski definition) is 2. The molecule has 1 aliphatic carbocycles. The summed E-state index contributed by atoms with van der Waals surface area (Å²) in [6.07, 6.45) is 0.631. The predicted octanol–water partition coefficient (Wildman–Crippen LogP) is 3.27. The molecule has 1 aliphatic rings. The van der Waals surface area contributed by atoms with Gasteiger partial charge in [0, 0.05) is 23.5 Å². The van der Waals surface area contributed by atoms with Crippen LogP contribution in [-0.2, 0) is 11.3 Å². The lowest BCUT2D eigenvalue weighted by atomic mass is 10.2. The van der Waals surface area contributed by atoms with E-state index < -0.39 is 5.60 Å². The molecular weight excluding hydrogens is 328 g/mol. The van der Waals surface area contributed by atoms with Gasteiger partial charge in [0.25, 0.3) is 0 Å². The number of halogens is 1. The van der Waals surface area contributed by atoms with Gasteiger partial charge < -0.3 is 15.4 Å². The largest absolute Gasteiger partial charge is 0.444 e. The van der Waals surface area contributed by atoms with Gasteiger partial charge in [-0.1, -0.05) is 0 Å². The maximum atomic E-state index is 11.6. The minimum absolute atomic E-state index is 0.193. The number of thiophene rings is 1. The summed E-state index contributed by atoms with van der Waals surface area (Å²) < 4.78 is 6.36. The summed E-state index contributed by atoms with van der Waals surface area (Å²) in [6, 6.07) is 4.69. The Labute approximate surface area is 126 Å². The molecule has 0 aliphatic heterocycles. The molecule has 4 nitrogen and oxygen atoms in total. The van der Waals surface area contributed by atoms with E-state index in [1.807, 2.05) is 26.8 Å². The van der Waals surface area contributed by atoms with Gasteiger partial charge in [-0.05, 0) is 55.3 Å². The number of hydrogen-bond acceptors (Lipinski definition) is 4. The second-order valence-corrected chi connectivity index (χ2v) is 8.23. The van der Waals surface area contributed by atoms with Crippen molar-refractivity contribution in [3.63, 3.8) is 0 Å². The molecule has 1 saturated carbocycles. The van der Waals surface area contributed by atoms with E-state index in [2.05, 4.69) is 32.6 Å². The maximum Gasteiger partial charge on any atom is 0.407 e. The lowest BCUT2D eigenvalue weighted by molar-refractivity contribution is 0.0522. The molecule has 1 fully saturated rings. The third-order valence-corrected chi connectivity index (χ3v) is 4.28. The van der Waals surface area contributed by atoms with E-state index in [4.69, 9.17) is 4.74 Å². The minimum Gasteiger partial charge on any atom is -0.444 e. The fraction of sp³-hybridized carbons (Fsp3) is 0.615. The number of alkyl carbamates (subject to hydrolysis) is 1. The van der Waals surface area contributed by atoms with E-state index in [0.717, 1.165) is 16.8 Å². The van der Waals surface area contributed by atoms with Crippen molar-refractivity contribution >= 4 is 33.4 Å². The first-order valence-corrected chi connectivity index (χ1v) is 7.91. The molecule has 1 aromatic heterocycles. The van der Waals surface area contributed by atoms with E-state index in [0.29, 0.717) is 6.04 Å². The van der Waals surface area contributed by atoms with E-state index in [-0.39, 0.29) is 12.1 Å². The molecular formula is C13H19BrN2O2S. The topological polar surface area (TPSA) is 50.4 Å². The Hall–Kier alpha value is -0.590. The first-order valence-electron chi connectivity index (χ1n) is 6.30. The number of carbonyl (C=O) groups is 1. The van der Waals surface area contributed by atoms with Gasteiger partial charge in [-0.3, -0.25) is 0 Å². The molecule has 0 bridgehead atoms. The molecule has 106 valence electrons. The summed E-state index contributed by atoms with van der Waals surface area (Å²) in [5.74, 6) is 0. The lowest BCUT2D eigenvalue weighted by Crippen LogP contribution is -2.36. The van der Waals surface area contributed by atoms with E-state index in [1.54, 1.807) is 11.3 Å².